The molecular weight excluding hydrogens is 266 g/mol. The summed E-state index contributed by atoms with van der Waals surface area (Å²) in [4.78, 5) is 28.7. The van der Waals surface area contributed by atoms with Crippen LogP contribution in [0.15, 0.2) is 35.3 Å². The van der Waals surface area contributed by atoms with Gasteiger partial charge in [-0.25, -0.2) is 4.79 Å². The highest BCUT2D eigenvalue weighted by Crippen LogP contribution is 2.52. The van der Waals surface area contributed by atoms with Crippen molar-refractivity contribution in [2.45, 2.75) is 19.3 Å². The van der Waals surface area contributed by atoms with Gasteiger partial charge in [-0.05, 0) is 42.9 Å². The van der Waals surface area contributed by atoms with Crippen LogP contribution in [0.3, 0.4) is 0 Å². The van der Waals surface area contributed by atoms with E-state index in [1.165, 1.54) is 12.8 Å². The fourth-order valence-corrected chi connectivity index (χ4v) is 3.22. The van der Waals surface area contributed by atoms with E-state index in [0.29, 0.717) is 16.5 Å². The second-order valence-corrected chi connectivity index (χ2v) is 6.18. The first-order valence-electron chi connectivity index (χ1n) is 7.33. The van der Waals surface area contributed by atoms with E-state index in [0.717, 1.165) is 24.9 Å². The monoisotopic (exact) mass is 283 g/mol. The Labute approximate surface area is 122 Å². The molecular formula is C16H17N3O2. The number of H-pyrrole nitrogens is 1. The number of fused-ring (bicyclic) bond motifs is 1. The number of benzene rings is 1. The van der Waals surface area contributed by atoms with Crippen LogP contribution in [0.25, 0.3) is 10.8 Å². The number of amides is 2. The molecule has 2 N–H and O–H groups in total. The molecule has 2 amide bonds. The number of hydrogen-bond acceptors (Lipinski definition) is 2. The summed E-state index contributed by atoms with van der Waals surface area (Å²) in [5.74, 6) is 0. The van der Waals surface area contributed by atoms with Crippen LogP contribution < -0.4 is 10.9 Å². The molecule has 2 fully saturated rings. The van der Waals surface area contributed by atoms with Crippen LogP contribution in [-0.2, 0) is 0 Å². The maximum Gasteiger partial charge on any atom is 0.321 e. The van der Waals surface area contributed by atoms with E-state index in [4.69, 9.17) is 0 Å². The number of carbonyl (C=O) groups is 1. The van der Waals surface area contributed by atoms with Crippen molar-refractivity contribution in [3.63, 3.8) is 0 Å². The molecule has 1 spiro atoms. The first-order chi connectivity index (χ1) is 10.2. The number of carbonyl (C=O) groups excluding carboxylic acids is 1. The van der Waals surface area contributed by atoms with E-state index in [1.807, 2.05) is 17.0 Å². The van der Waals surface area contributed by atoms with Crippen molar-refractivity contribution in [3.8, 4) is 0 Å². The molecule has 4 rings (SSSR count). The van der Waals surface area contributed by atoms with Gasteiger partial charge < -0.3 is 15.2 Å². The fourth-order valence-electron chi connectivity index (χ4n) is 3.22. The zero-order valence-corrected chi connectivity index (χ0v) is 11.7. The Balaban J connectivity index is 1.61. The first-order valence-corrected chi connectivity index (χ1v) is 7.33. The summed E-state index contributed by atoms with van der Waals surface area (Å²) in [7, 11) is 0. The number of pyridine rings is 1. The van der Waals surface area contributed by atoms with E-state index in [-0.39, 0.29) is 11.6 Å². The Morgan fingerprint density at radius 2 is 2.05 bits per heavy atom. The summed E-state index contributed by atoms with van der Waals surface area (Å²) in [5, 5.41) is 4.32. The third-order valence-corrected chi connectivity index (χ3v) is 4.74. The van der Waals surface area contributed by atoms with Gasteiger partial charge in [0.1, 0.15) is 0 Å². The molecule has 1 aliphatic carbocycles. The van der Waals surface area contributed by atoms with Gasteiger partial charge in [-0.2, -0.15) is 0 Å². The maximum atomic E-state index is 12.4. The van der Waals surface area contributed by atoms with Crippen LogP contribution in [-0.4, -0.2) is 29.0 Å². The molecule has 0 bridgehead atoms. The van der Waals surface area contributed by atoms with Crippen LogP contribution >= 0.6 is 0 Å². The normalized spacial score (nSPS) is 19.1. The summed E-state index contributed by atoms with van der Waals surface area (Å²) in [6.07, 6.45) is 5.23. The molecule has 1 aromatic carbocycles. The molecule has 2 heterocycles. The second-order valence-electron chi connectivity index (χ2n) is 6.18. The topological polar surface area (TPSA) is 65.2 Å². The summed E-state index contributed by atoms with van der Waals surface area (Å²) >= 11 is 0. The van der Waals surface area contributed by atoms with Crippen molar-refractivity contribution in [2.24, 2.45) is 5.41 Å². The predicted molar refractivity (Wildman–Crippen MR) is 81.4 cm³/mol. The number of nitrogens with one attached hydrogen (secondary N) is 2. The van der Waals surface area contributed by atoms with Gasteiger partial charge >= 0.3 is 6.03 Å². The van der Waals surface area contributed by atoms with E-state index >= 15 is 0 Å². The number of aromatic amines is 1. The number of nitrogens with zero attached hydrogens (tertiary/aromatic N) is 1. The minimum atomic E-state index is -0.137. The van der Waals surface area contributed by atoms with Gasteiger partial charge in [0, 0.05) is 30.1 Å². The Morgan fingerprint density at radius 1 is 1.19 bits per heavy atom. The molecule has 0 atom stereocenters. The highest BCUT2D eigenvalue weighted by atomic mass is 16.2. The Kier molecular flexibility index (Phi) is 2.58. The number of rotatable bonds is 1. The molecule has 0 radical (unpaired) electrons. The molecule has 0 unspecified atom stereocenters. The maximum absolute atomic E-state index is 12.4. The lowest BCUT2D eigenvalue weighted by atomic mass is 10.1. The molecule has 1 saturated heterocycles. The quantitative estimate of drug-likeness (QED) is 0.844. The standard InChI is InChI=1S/C16H17N3O2/c20-14-12-2-1-3-13(11(12)4-8-17-14)18-15(21)19-9-7-16(10-19)5-6-16/h1-4,8H,5-7,9-10H2,(H,17,20)(H,18,21). The van der Waals surface area contributed by atoms with Crippen LogP contribution in [0.1, 0.15) is 19.3 Å². The van der Waals surface area contributed by atoms with Crippen molar-refractivity contribution in [1.29, 1.82) is 0 Å². The predicted octanol–water partition coefficient (Wildman–Crippen LogP) is 2.55. The lowest BCUT2D eigenvalue weighted by Crippen LogP contribution is -2.33. The van der Waals surface area contributed by atoms with E-state index in [1.54, 1.807) is 18.3 Å². The minimum absolute atomic E-state index is 0.0634. The molecule has 1 saturated carbocycles. The smallest absolute Gasteiger partial charge is 0.321 e. The van der Waals surface area contributed by atoms with Crippen LogP contribution in [0.4, 0.5) is 10.5 Å². The van der Waals surface area contributed by atoms with Crippen molar-refractivity contribution in [3.05, 3.63) is 40.8 Å². The minimum Gasteiger partial charge on any atom is -0.329 e. The van der Waals surface area contributed by atoms with Crippen molar-refractivity contribution >= 4 is 22.5 Å². The van der Waals surface area contributed by atoms with E-state index in [9.17, 15) is 9.59 Å². The number of anilines is 1. The van der Waals surface area contributed by atoms with Crippen LogP contribution in [0, 0.1) is 5.41 Å². The van der Waals surface area contributed by atoms with Gasteiger partial charge in [0.25, 0.3) is 5.56 Å². The third-order valence-electron chi connectivity index (χ3n) is 4.74. The largest absolute Gasteiger partial charge is 0.329 e. The molecule has 21 heavy (non-hydrogen) atoms. The van der Waals surface area contributed by atoms with Gasteiger partial charge in [-0.1, -0.05) is 6.07 Å². The van der Waals surface area contributed by atoms with Crippen molar-refractivity contribution in [2.75, 3.05) is 18.4 Å². The highest BCUT2D eigenvalue weighted by molar-refractivity contribution is 6.01. The number of hydrogen-bond donors (Lipinski definition) is 2. The summed E-state index contributed by atoms with van der Waals surface area (Å²) < 4.78 is 0. The lowest BCUT2D eigenvalue weighted by molar-refractivity contribution is 0.220. The van der Waals surface area contributed by atoms with Gasteiger partial charge in [0.05, 0.1) is 5.69 Å². The first kappa shape index (κ1) is 12.4. The molecule has 5 nitrogen and oxygen atoms in total. The molecule has 1 aromatic heterocycles. The second kappa shape index (κ2) is 4.35. The van der Waals surface area contributed by atoms with Gasteiger partial charge in [-0.3, -0.25) is 4.79 Å². The zero-order chi connectivity index (χ0) is 14.4. The number of aromatic nitrogens is 1. The molecule has 108 valence electrons. The molecule has 1 aliphatic heterocycles. The Morgan fingerprint density at radius 3 is 2.81 bits per heavy atom. The average molecular weight is 283 g/mol. The van der Waals surface area contributed by atoms with Crippen LogP contribution in [0.5, 0.6) is 0 Å². The van der Waals surface area contributed by atoms with Gasteiger partial charge in [0.15, 0.2) is 0 Å². The van der Waals surface area contributed by atoms with Crippen molar-refractivity contribution in [1.82, 2.24) is 9.88 Å². The van der Waals surface area contributed by atoms with E-state index < -0.39 is 0 Å². The van der Waals surface area contributed by atoms with E-state index in [2.05, 4.69) is 10.3 Å². The van der Waals surface area contributed by atoms with Crippen molar-refractivity contribution < 1.29 is 4.79 Å². The van der Waals surface area contributed by atoms with Gasteiger partial charge in [0.2, 0.25) is 0 Å². The zero-order valence-electron chi connectivity index (χ0n) is 11.7. The average Bonchev–Trinajstić information content (AvgIpc) is 3.09. The number of likely N-dealkylation sites (tertiary alicyclic amines) is 1. The molecule has 2 aliphatic rings. The summed E-state index contributed by atoms with van der Waals surface area (Å²) in [6.45, 7) is 1.70. The summed E-state index contributed by atoms with van der Waals surface area (Å²) in [5.41, 5.74) is 0.981. The Hall–Kier alpha value is -2.30. The third kappa shape index (κ3) is 2.09. The SMILES string of the molecule is O=C(Nc1cccc2c(=O)[nH]ccc12)N1CCC2(CC2)C1. The fraction of sp³-hybridized carbons (Fsp3) is 0.375. The highest BCUT2D eigenvalue weighted by Gasteiger charge is 2.48. The Bertz CT molecular complexity index is 776. The molecule has 2 aromatic rings. The summed E-state index contributed by atoms with van der Waals surface area (Å²) in [6, 6.07) is 7.14. The molecule has 5 heteroatoms. The van der Waals surface area contributed by atoms with Crippen LogP contribution in [0.2, 0.25) is 0 Å². The number of urea groups is 1. The lowest BCUT2D eigenvalue weighted by Gasteiger charge is -2.18. The van der Waals surface area contributed by atoms with Gasteiger partial charge in [-0.15, -0.1) is 0 Å².